The van der Waals surface area contributed by atoms with Crippen LogP contribution in [0.5, 0.6) is 0 Å². The highest BCUT2D eigenvalue weighted by molar-refractivity contribution is 8.14. The normalized spacial score (nSPS) is 21.6. The third kappa shape index (κ3) is 2.23. The lowest BCUT2D eigenvalue weighted by Crippen LogP contribution is -2.35. The molecule has 0 saturated carbocycles. The van der Waals surface area contributed by atoms with E-state index in [1.54, 1.807) is 11.1 Å². The van der Waals surface area contributed by atoms with E-state index in [1.807, 2.05) is 38.3 Å². The Labute approximate surface area is 127 Å². The molecule has 2 aromatic rings. The average Bonchev–Trinajstić information content (AvgIpc) is 2.93. The molecule has 1 fully saturated rings. The molecule has 1 unspecified atom stereocenters. The number of nitrogens with one attached hydrogen (secondary N) is 1. The highest BCUT2D eigenvalue weighted by Crippen LogP contribution is 2.39. The number of hydrogen-bond donors (Lipinski definition) is 2. The summed E-state index contributed by atoms with van der Waals surface area (Å²) in [6, 6.07) is 4.00. The first-order chi connectivity index (χ1) is 9.58. The number of carbonyl (C=O) groups is 1. The summed E-state index contributed by atoms with van der Waals surface area (Å²) in [6.07, 6.45) is 5.53. The minimum absolute atomic E-state index is 0.0373. The molecule has 0 aromatic carbocycles. The first kappa shape index (κ1) is 13.6. The number of rotatable bonds is 2. The molecule has 1 N–H and O–H groups in total. The number of aromatic nitrogens is 2. The van der Waals surface area contributed by atoms with Crippen molar-refractivity contribution in [2.45, 2.75) is 24.6 Å². The van der Waals surface area contributed by atoms with Gasteiger partial charge in [-0.2, -0.15) is 0 Å². The van der Waals surface area contributed by atoms with E-state index in [1.165, 1.54) is 11.8 Å². The van der Waals surface area contributed by atoms with Gasteiger partial charge in [-0.05, 0) is 32.1 Å². The first-order valence-corrected chi connectivity index (χ1v) is 7.78. The first-order valence-electron chi connectivity index (χ1n) is 6.39. The van der Waals surface area contributed by atoms with Crippen LogP contribution in [-0.2, 0) is 4.79 Å². The summed E-state index contributed by atoms with van der Waals surface area (Å²) < 4.78 is -0.119. The van der Waals surface area contributed by atoms with Crippen LogP contribution in [0.25, 0.3) is 17.1 Å². The predicted molar refractivity (Wildman–Crippen MR) is 86.4 cm³/mol. The van der Waals surface area contributed by atoms with Crippen molar-refractivity contribution in [3.05, 3.63) is 35.0 Å². The van der Waals surface area contributed by atoms with E-state index in [9.17, 15) is 4.79 Å². The van der Waals surface area contributed by atoms with E-state index in [4.69, 9.17) is 0 Å². The van der Waals surface area contributed by atoms with E-state index >= 15 is 0 Å². The molecule has 0 spiro atoms. The van der Waals surface area contributed by atoms with Gasteiger partial charge in [0, 0.05) is 24.0 Å². The highest BCUT2D eigenvalue weighted by atomic mass is 32.2. The molecule has 1 aliphatic heterocycles. The molecule has 0 radical (unpaired) electrons. The van der Waals surface area contributed by atoms with Gasteiger partial charge < -0.3 is 9.88 Å². The Balaban J connectivity index is 1.99. The smallest absolute Gasteiger partial charge is 0.262 e. The summed E-state index contributed by atoms with van der Waals surface area (Å²) in [4.78, 5) is 22.4. The van der Waals surface area contributed by atoms with Crippen molar-refractivity contribution in [1.29, 1.82) is 0 Å². The predicted octanol–water partition coefficient (Wildman–Crippen LogP) is 3.10. The van der Waals surface area contributed by atoms with Crippen molar-refractivity contribution >= 4 is 47.4 Å². The van der Waals surface area contributed by atoms with E-state index < -0.39 is 0 Å². The summed E-state index contributed by atoms with van der Waals surface area (Å²) in [5.74, 6) is 0.0373. The molecule has 3 heterocycles. The van der Waals surface area contributed by atoms with Gasteiger partial charge in [0.2, 0.25) is 0 Å². The lowest BCUT2D eigenvalue weighted by atomic mass is 10.2. The van der Waals surface area contributed by atoms with Crippen molar-refractivity contribution in [2.24, 2.45) is 0 Å². The third-order valence-corrected chi connectivity index (χ3v) is 4.77. The molecule has 1 saturated heterocycles. The largest absolute Gasteiger partial charge is 0.359 e. The standard InChI is InChI=1S/C14H15N3OS2/c1-8(2)17-13(18)11(20-14(17)19)6-9-7-16-10-4-3-5-15-12(9)10/h3-8,14,16,19H,1-2H3/b11-6-. The molecule has 1 atom stereocenters. The second-order valence-electron chi connectivity index (χ2n) is 4.90. The fourth-order valence-electron chi connectivity index (χ4n) is 2.26. The number of H-pyrrole nitrogens is 1. The fourth-order valence-corrected chi connectivity index (χ4v) is 4.05. The van der Waals surface area contributed by atoms with Crippen LogP contribution in [0.1, 0.15) is 19.4 Å². The molecule has 0 bridgehead atoms. The minimum atomic E-state index is -0.119. The Morgan fingerprint density at radius 1 is 1.55 bits per heavy atom. The van der Waals surface area contributed by atoms with Crippen LogP contribution in [0.3, 0.4) is 0 Å². The second kappa shape index (κ2) is 5.18. The van der Waals surface area contributed by atoms with Crippen LogP contribution in [-0.4, -0.2) is 31.5 Å². The molecule has 20 heavy (non-hydrogen) atoms. The van der Waals surface area contributed by atoms with E-state index in [-0.39, 0.29) is 16.7 Å². The number of aromatic amines is 1. The van der Waals surface area contributed by atoms with Crippen molar-refractivity contribution in [2.75, 3.05) is 0 Å². The Morgan fingerprint density at radius 2 is 2.35 bits per heavy atom. The molecule has 4 nitrogen and oxygen atoms in total. The van der Waals surface area contributed by atoms with E-state index in [2.05, 4.69) is 22.6 Å². The van der Waals surface area contributed by atoms with Crippen molar-refractivity contribution in [3.8, 4) is 0 Å². The third-order valence-electron chi connectivity index (χ3n) is 3.22. The molecule has 1 amide bonds. The van der Waals surface area contributed by atoms with Crippen LogP contribution >= 0.6 is 24.4 Å². The number of thiol groups is 1. The van der Waals surface area contributed by atoms with Crippen LogP contribution in [0, 0.1) is 0 Å². The molecule has 0 aliphatic carbocycles. The van der Waals surface area contributed by atoms with Crippen LogP contribution < -0.4 is 0 Å². The number of carbonyl (C=O) groups excluding carboxylic acids is 1. The molecule has 104 valence electrons. The second-order valence-corrected chi connectivity index (χ2v) is 6.86. The van der Waals surface area contributed by atoms with Gasteiger partial charge in [-0.3, -0.25) is 9.78 Å². The highest BCUT2D eigenvalue weighted by Gasteiger charge is 2.35. The molecule has 3 rings (SSSR count). The van der Waals surface area contributed by atoms with Crippen LogP contribution in [0.15, 0.2) is 29.4 Å². The molecule has 1 aliphatic rings. The number of pyridine rings is 1. The van der Waals surface area contributed by atoms with Crippen molar-refractivity contribution in [3.63, 3.8) is 0 Å². The fraction of sp³-hybridized carbons (Fsp3) is 0.286. The van der Waals surface area contributed by atoms with Gasteiger partial charge in [0.1, 0.15) is 4.71 Å². The van der Waals surface area contributed by atoms with Gasteiger partial charge in [0.05, 0.1) is 15.9 Å². The maximum atomic E-state index is 12.4. The summed E-state index contributed by atoms with van der Waals surface area (Å²) in [5, 5.41) is 0. The summed E-state index contributed by atoms with van der Waals surface area (Å²) in [6.45, 7) is 4.00. The minimum Gasteiger partial charge on any atom is -0.359 e. The Morgan fingerprint density at radius 3 is 3.05 bits per heavy atom. The van der Waals surface area contributed by atoms with Gasteiger partial charge in [-0.25, -0.2) is 0 Å². The average molecular weight is 305 g/mol. The van der Waals surface area contributed by atoms with Gasteiger partial charge in [-0.15, -0.1) is 12.6 Å². The number of nitrogens with zero attached hydrogens (tertiary/aromatic N) is 2. The Hall–Kier alpha value is -1.40. The van der Waals surface area contributed by atoms with Gasteiger partial charge in [0.15, 0.2) is 0 Å². The van der Waals surface area contributed by atoms with Crippen LogP contribution in [0.2, 0.25) is 0 Å². The van der Waals surface area contributed by atoms with Gasteiger partial charge >= 0.3 is 0 Å². The van der Waals surface area contributed by atoms with Gasteiger partial charge in [0.25, 0.3) is 5.91 Å². The summed E-state index contributed by atoms with van der Waals surface area (Å²) >= 11 is 5.95. The molecular weight excluding hydrogens is 290 g/mol. The topological polar surface area (TPSA) is 49.0 Å². The monoisotopic (exact) mass is 305 g/mol. The number of hydrogen-bond acceptors (Lipinski definition) is 4. The lowest BCUT2D eigenvalue weighted by molar-refractivity contribution is -0.126. The zero-order valence-electron chi connectivity index (χ0n) is 11.2. The Bertz CT molecular complexity index is 693. The summed E-state index contributed by atoms with van der Waals surface area (Å²) in [5.41, 5.74) is 2.78. The van der Waals surface area contributed by atoms with Crippen LogP contribution in [0.4, 0.5) is 0 Å². The van der Waals surface area contributed by atoms with E-state index in [0.29, 0.717) is 4.91 Å². The number of fused-ring (bicyclic) bond motifs is 1. The maximum Gasteiger partial charge on any atom is 0.262 e. The zero-order valence-corrected chi connectivity index (χ0v) is 12.9. The van der Waals surface area contributed by atoms with E-state index in [0.717, 1.165) is 16.6 Å². The maximum absolute atomic E-state index is 12.4. The van der Waals surface area contributed by atoms with Gasteiger partial charge in [-0.1, -0.05) is 11.8 Å². The number of thioether (sulfide) groups is 1. The molecule has 6 heteroatoms. The number of amides is 1. The molecular formula is C14H15N3OS2. The quantitative estimate of drug-likeness (QED) is 0.662. The summed E-state index contributed by atoms with van der Waals surface area (Å²) in [7, 11) is 0. The van der Waals surface area contributed by atoms with Crippen molar-refractivity contribution in [1.82, 2.24) is 14.9 Å². The Kier molecular flexibility index (Phi) is 3.52. The SMILES string of the molecule is CC(C)N1C(=O)/C(=C/c2c[nH]c3cccnc23)SC1S. The van der Waals surface area contributed by atoms with Crippen molar-refractivity contribution < 1.29 is 4.79 Å². The lowest BCUT2D eigenvalue weighted by Gasteiger charge is -2.23. The zero-order chi connectivity index (χ0) is 14.3. The molecule has 2 aromatic heterocycles.